The molecule has 0 spiro atoms. The number of carbonyl (C=O) groups excluding carboxylic acids is 1. The van der Waals surface area contributed by atoms with Gasteiger partial charge in [0.05, 0.1) is 18.4 Å². The molecule has 38 heavy (non-hydrogen) atoms. The van der Waals surface area contributed by atoms with Crippen LogP contribution in [0.15, 0.2) is 76.2 Å². The highest BCUT2D eigenvalue weighted by molar-refractivity contribution is 7.87. The molecule has 0 aliphatic carbocycles. The summed E-state index contributed by atoms with van der Waals surface area (Å²) in [5.41, 5.74) is -0.434. The molecule has 3 aromatic rings. The summed E-state index contributed by atoms with van der Waals surface area (Å²) in [6.45, 7) is 8.76. The zero-order chi connectivity index (χ0) is 28.1. The third-order valence-electron chi connectivity index (χ3n) is 5.69. The first-order valence-corrected chi connectivity index (χ1v) is 13.5. The summed E-state index contributed by atoms with van der Waals surface area (Å²) in [4.78, 5) is 14.3. The molecule has 0 radical (unpaired) electrons. The van der Waals surface area contributed by atoms with Crippen LogP contribution in [0, 0.1) is 11.3 Å². The molecule has 0 aliphatic heterocycles. The number of amides is 1. The minimum Gasteiger partial charge on any atom is -0.467 e. The maximum Gasteiger partial charge on any atom is 0.416 e. The Labute approximate surface area is 221 Å². The van der Waals surface area contributed by atoms with Gasteiger partial charge in [-0.2, -0.15) is 21.6 Å². The van der Waals surface area contributed by atoms with E-state index in [4.69, 9.17) is 8.60 Å². The van der Waals surface area contributed by atoms with Crippen LogP contribution in [-0.2, 0) is 34.2 Å². The highest BCUT2D eigenvalue weighted by atomic mass is 32.2. The molecule has 0 saturated carbocycles. The first kappa shape index (κ1) is 29.3. The van der Waals surface area contributed by atoms with E-state index in [2.05, 4.69) is 20.8 Å². The number of carbonyl (C=O) groups is 1. The van der Waals surface area contributed by atoms with Crippen molar-refractivity contribution in [2.45, 2.75) is 64.7 Å². The van der Waals surface area contributed by atoms with Crippen molar-refractivity contribution in [1.82, 2.24) is 4.90 Å². The fraction of sp³-hybridized carbons (Fsp3) is 0.393. The summed E-state index contributed by atoms with van der Waals surface area (Å²) < 4.78 is 75.1. The van der Waals surface area contributed by atoms with E-state index in [0.29, 0.717) is 23.8 Å². The lowest BCUT2D eigenvalue weighted by molar-refractivity contribution is -0.137. The van der Waals surface area contributed by atoms with Gasteiger partial charge in [-0.1, -0.05) is 45.9 Å². The van der Waals surface area contributed by atoms with E-state index >= 15 is 0 Å². The van der Waals surface area contributed by atoms with Gasteiger partial charge in [0, 0.05) is 13.0 Å². The highest BCUT2D eigenvalue weighted by Gasteiger charge is 2.32. The summed E-state index contributed by atoms with van der Waals surface area (Å²) in [5, 5.41) is 0. The van der Waals surface area contributed by atoms with Gasteiger partial charge >= 0.3 is 16.3 Å². The molecular weight excluding hydrogens is 519 g/mol. The molecule has 1 unspecified atom stereocenters. The Morgan fingerprint density at radius 1 is 1.00 bits per heavy atom. The summed E-state index contributed by atoms with van der Waals surface area (Å²) in [7, 11) is -4.53. The molecule has 6 nitrogen and oxygen atoms in total. The average molecular weight is 552 g/mol. The third kappa shape index (κ3) is 8.65. The Bertz CT molecular complexity index is 1330. The lowest BCUT2D eigenvalue weighted by Crippen LogP contribution is -2.31. The van der Waals surface area contributed by atoms with Gasteiger partial charge in [0.25, 0.3) is 0 Å². The Balaban J connectivity index is 1.79. The van der Waals surface area contributed by atoms with Crippen LogP contribution in [0.2, 0.25) is 0 Å². The van der Waals surface area contributed by atoms with E-state index in [-0.39, 0.29) is 36.1 Å². The van der Waals surface area contributed by atoms with E-state index in [0.717, 1.165) is 24.6 Å². The molecular formula is C28H32F3NO5S. The molecule has 206 valence electrons. The van der Waals surface area contributed by atoms with Crippen molar-refractivity contribution in [2.24, 2.45) is 11.3 Å². The fourth-order valence-corrected chi connectivity index (χ4v) is 5.26. The Morgan fingerprint density at radius 3 is 2.34 bits per heavy atom. The highest BCUT2D eigenvalue weighted by Crippen LogP contribution is 2.31. The summed E-state index contributed by atoms with van der Waals surface area (Å²) in [5.74, 6) is 0.586. The van der Waals surface area contributed by atoms with Crippen molar-refractivity contribution in [3.8, 4) is 5.75 Å². The second kappa shape index (κ2) is 11.6. The van der Waals surface area contributed by atoms with Crippen LogP contribution < -0.4 is 4.18 Å². The van der Waals surface area contributed by atoms with E-state index in [1.807, 2.05) is 6.92 Å². The molecule has 0 aliphatic rings. The molecule has 2 aromatic carbocycles. The molecule has 10 heteroatoms. The predicted octanol–water partition coefficient (Wildman–Crippen LogP) is 7.06. The molecule has 0 fully saturated rings. The van der Waals surface area contributed by atoms with E-state index in [9.17, 15) is 26.4 Å². The van der Waals surface area contributed by atoms with Crippen LogP contribution in [0.4, 0.5) is 13.2 Å². The van der Waals surface area contributed by atoms with Crippen LogP contribution in [0.25, 0.3) is 0 Å². The Hall–Kier alpha value is -3.27. The molecule has 0 bridgehead atoms. The SMILES string of the molecule is CC(CC(=O)N(Cc1cccc(OS(=O)(=O)c2cccc(C(F)(F)F)c2)c1)Cc1ccco1)CC(C)(C)C. The lowest BCUT2D eigenvalue weighted by atomic mass is 9.84. The number of nitrogens with zero attached hydrogens (tertiary/aromatic N) is 1. The van der Waals surface area contributed by atoms with Gasteiger partial charge in [0.2, 0.25) is 5.91 Å². The minimum absolute atomic E-state index is 0.0717. The van der Waals surface area contributed by atoms with Gasteiger partial charge in [0.1, 0.15) is 16.4 Å². The summed E-state index contributed by atoms with van der Waals surface area (Å²) >= 11 is 0. The van der Waals surface area contributed by atoms with E-state index in [1.54, 1.807) is 29.2 Å². The topological polar surface area (TPSA) is 76.8 Å². The molecule has 0 saturated heterocycles. The summed E-state index contributed by atoms with van der Waals surface area (Å²) in [6.07, 6.45) is -1.98. The van der Waals surface area contributed by atoms with Gasteiger partial charge < -0.3 is 13.5 Å². The number of alkyl halides is 3. The molecule has 1 amide bonds. The predicted molar refractivity (Wildman–Crippen MR) is 137 cm³/mol. The number of furan rings is 1. The van der Waals surface area contributed by atoms with Crippen molar-refractivity contribution >= 4 is 16.0 Å². The second-order valence-electron chi connectivity index (χ2n) is 10.6. The Morgan fingerprint density at radius 2 is 1.71 bits per heavy atom. The third-order valence-corrected chi connectivity index (χ3v) is 6.93. The van der Waals surface area contributed by atoms with Gasteiger partial charge in [-0.05, 0) is 65.8 Å². The number of benzene rings is 2. The van der Waals surface area contributed by atoms with Crippen LogP contribution in [0.3, 0.4) is 0 Å². The number of rotatable bonds is 10. The number of hydrogen-bond donors (Lipinski definition) is 0. The maximum absolute atomic E-state index is 13.2. The smallest absolute Gasteiger partial charge is 0.416 e. The first-order chi connectivity index (χ1) is 17.6. The van der Waals surface area contributed by atoms with Gasteiger partial charge in [0.15, 0.2) is 0 Å². The van der Waals surface area contributed by atoms with Crippen LogP contribution >= 0.6 is 0 Å². The van der Waals surface area contributed by atoms with Gasteiger partial charge in [-0.3, -0.25) is 4.79 Å². The Kier molecular flexibility index (Phi) is 8.97. The van der Waals surface area contributed by atoms with Crippen molar-refractivity contribution in [1.29, 1.82) is 0 Å². The largest absolute Gasteiger partial charge is 0.467 e. The summed E-state index contributed by atoms with van der Waals surface area (Å²) in [6, 6.07) is 13.0. The first-order valence-electron chi connectivity index (χ1n) is 12.1. The normalized spacial score (nSPS) is 13.2. The zero-order valence-electron chi connectivity index (χ0n) is 21.8. The average Bonchev–Trinajstić information content (AvgIpc) is 3.30. The van der Waals surface area contributed by atoms with Gasteiger partial charge in [-0.25, -0.2) is 0 Å². The van der Waals surface area contributed by atoms with Crippen molar-refractivity contribution < 1.29 is 35.0 Å². The number of hydrogen-bond acceptors (Lipinski definition) is 5. The number of halogens is 3. The lowest BCUT2D eigenvalue weighted by Gasteiger charge is -2.27. The molecule has 1 heterocycles. The van der Waals surface area contributed by atoms with Crippen molar-refractivity contribution in [3.05, 3.63) is 83.8 Å². The second-order valence-corrected chi connectivity index (χ2v) is 12.2. The van der Waals surface area contributed by atoms with Gasteiger partial charge in [-0.15, -0.1) is 0 Å². The fourth-order valence-electron chi connectivity index (χ4n) is 4.29. The maximum atomic E-state index is 13.2. The van der Waals surface area contributed by atoms with Crippen LogP contribution in [0.1, 0.15) is 57.4 Å². The van der Waals surface area contributed by atoms with E-state index < -0.39 is 26.8 Å². The molecule has 1 atom stereocenters. The van der Waals surface area contributed by atoms with E-state index in [1.165, 1.54) is 18.4 Å². The molecule has 3 rings (SSSR count). The monoisotopic (exact) mass is 551 g/mol. The van der Waals surface area contributed by atoms with Crippen LogP contribution in [-0.4, -0.2) is 19.2 Å². The van der Waals surface area contributed by atoms with Crippen LogP contribution in [0.5, 0.6) is 5.75 Å². The quantitative estimate of drug-likeness (QED) is 0.252. The standard InChI is InChI=1S/C28H32F3NO5S/c1-20(17-27(2,3)4)14-26(33)32(19-24-11-7-13-36-24)18-21-8-5-10-23(15-21)37-38(34,35)25-12-6-9-22(16-25)28(29,30)31/h5-13,15-16,20H,14,17-19H2,1-4H3. The molecule has 0 N–H and O–H groups in total. The minimum atomic E-state index is -4.69. The van der Waals surface area contributed by atoms with Crippen molar-refractivity contribution in [2.75, 3.05) is 0 Å². The molecule has 1 aromatic heterocycles. The zero-order valence-corrected chi connectivity index (χ0v) is 22.6. The van der Waals surface area contributed by atoms with Crippen molar-refractivity contribution in [3.63, 3.8) is 0 Å².